The molecule has 0 heterocycles. The van der Waals surface area contributed by atoms with Gasteiger partial charge in [0.15, 0.2) is 5.60 Å². The second-order valence-corrected chi connectivity index (χ2v) is 3.63. The molecule has 0 aliphatic carbocycles. The Kier molecular flexibility index (Phi) is 3.48. The first kappa shape index (κ1) is 11.7. The first-order chi connectivity index (χ1) is 7.04. The molecule has 1 rings (SSSR count). The van der Waals surface area contributed by atoms with E-state index >= 15 is 0 Å². The average Bonchev–Trinajstić information content (AvgIpc) is 2.28. The minimum atomic E-state index is -1.54. The van der Waals surface area contributed by atoms with Gasteiger partial charge < -0.3 is 10.8 Å². The fourth-order valence-corrected chi connectivity index (χ4v) is 1.54. The van der Waals surface area contributed by atoms with Gasteiger partial charge in [0.25, 0.3) is 5.91 Å². The molecule has 0 fully saturated rings. The number of hydrogen-bond acceptors (Lipinski definition) is 2. The number of rotatable bonds is 4. The largest absolute Gasteiger partial charge is 0.375 e. The Hall–Kier alpha value is -1.35. The number of aliphatic hydroxyl groups is 1. The molecular weight excluding hydrogens is 190 g/mol. The summed E-state index contributed by atoms with van der Waals surface area (Å²) in [5, 5.41) is 10.1. The van der Waals surface area contributed by atoms with Crippen LogP contribution in [0, 0.1) is 0 Å². The van der Waals surface area contributed by atoms with Crippen LogP contribution >= 0.6 is 0 Å². The second-order valence-electron chi connectivity index (χ2n) is 3.63. The predicted molar refractivity (Wildman–Crippen MR) is 59.2 cm³/mol. The Labute approximate surface area is 89.9 Å². The lowest BCUT2D eigenvalue weighted by atomic mass is 9.90. The van der Waals surface area contributed by atoms with Crippen molar-refractivity contribution in [3.8, 4) is 0 Å². The molecule has 0 aromatic heterocycles. The number of hydrogen-bond donors (Lipinski definition) is 2. The molecule has 3 N–H and O–H groups in total. The molecule has 3 nitrogen and oxygen atoms in total. The third kappa shape index (κ3) is 2.18. The van der Waals surface area contributed by atoms with Crippen molar-refractivity contribution in [2.24, 2.45) is 5.73 Å². The van der Waals surface area contributed by atoms with Gasteiger partial charge in [0, 0.05) is 0 Å². The summed E-state index contributed by atoms with van der Waals surface area (Å²) in [6.07, 6.45) is 1.22. The van der Waals surface area contributed by atoms with E-state index in [0.717, 1.165) is 6.42 Å². The standard InChI is InChI=1S/C12H17NO2/c1-3-9-5-7-10(8-6-9)12(15,4-2)11(13)14/h5-8,15H,3-4H2,1-2H3,(H2,13,14). The molecule has 0 spiro atoms. The van der Waals surface area contributed by atoms with Gasteiger partial charge in [0.2, 0.25) is 0 Å². The van der Waals surface area contributed by atoms with Crippen molar-refractivity contribution < 1.29 is 9.90 Å². The van der Waals surface area contributed by atoms with Gasteiger partial charge in [-0.05, 0) is 24.0 Å². The van der Waals surface area contributed by atoms with E-state index in [1.807, 2.05) is 12.1 Å². The van der Waals surface area contributed by atoms with Crippen LogP contribution in [0.3, 0.4) is 0 Å². The highest BCUT2D eigenvalue weighted by atomic mass is 16.3. The first-order valence-corrected chi connectivity index (χ1v) is 5.16. The number of aryl methyl sites for hydroxylation is 1. The molecule has 1 aromatic rings. The van der Waals surface area contributed by atoms with Crippen LogP contribution in [0.4, 0.5) is 0 Å². The topological polar surface area (TPSA) is 63.3 Å². The van der Waals surface area contributed by atoms with Crippen LogP contribution in [0.2, 0.25) is 0 Å². The maximum atomic E-state index is 11.2. The first-order valence-electron chi connectivity index (χ1n) is 5.16. The van der Waals surface area contributed by atoms with Crippen LogP contribution in [0.25, 0.3) is 0 Å². The van der Waals surface area contributed by atoms with Crippen molar-refractivity contribution in [1.82, 2.24) is 0 Å². The second kappa shape index (κ2) is 4.45. The number of amides is 1. The van der Waals surface area contributed by atoms with E-state index < -0.39 is 11.5 Å². The van der Waals surface area contributed by atoms with Gasteiger partial charge in [0.1, 0.15) is 0 Å². The zero-order valence-electron chi connectivity index (χ0n) is 9.16. The van der Waals surface area contributed by atoms with E-state index in [4.69, 9.17) is 5.73 Å². The summed E-state index contributed by atoms with van der Waals surface area (Å²) >= 11 is 0. The Morgan fingerprint density at radius 1 is 1.33 bits per heavy atom. The van der Waals surface area contributed by atoms with E-state index in [-0.39, 0.29) is 6.42 Å². The fraction of sp³-hybridized carbons (Fsp3) is 0.417. The summed E-state index contributed by atoms with van der Waals surface area (Å²) in [7, 11) is 0. The van der Waals surface area contributed by atoms with Crippen molar-refractivity contribution in [2.45, 2.75) is 32.3 Å². The minimum Gasteiger partial charge on any atom is -0.375 e. The van der Waals surface area contributed by atoms with E-state index in [2.05, 4.69) is 6.92 Å². The van der Waals surface area contributed by atoms with Crippen molar-refractivity contribution in [2.75, 3.05) is 0 Å². The molecule has 1 atom stereocenters. The zero-order valence-corrected chi connectivity index (χ0v) is 9.16. The van der Waals surface area contributed by atoms with Crippen LogP contribution < -0.4 is 5.73 Å². The molecule has 0 aliphatic heterocycles. The Bertz CT molecular complexity index is 345. The molecule has 0 aliphatic rings. The average molecular weight is 207 g/mol. The summed E-state index contributed by atoms with van der Waals surface area (Å²) in [4.78, 5) is 11.2. The van der Waals surface area contributed by atoms with Crippen LogP contribution in [-0.4, -0.2) is 11.0 Å². The van der Waals surface area contributed by atoms with Crippen LogP contribution in [0.1, 0.15) is 31.4 Å². The van der Waals surface area contributed by atoms with Gasteiger partial charge in [0.05, 0.1) is 0 Å². The number of carbonyl (C=O) groups excluding carboxylic acids is 1. The fourth-order valence-electron chi connectivity index (χ4n) is 1.54. The maximum absolute atomic E-state index is 11.2. The predicted octanol–water partition coefficient (Wildman–Crippen LogP) is 1.33. The normalized spacial score (nSPS) is 14.6. The summed E-state index contributed by atoms with van der Waals surface area (Å²) in [5.74, 6) is -0.700. The lowest BCUT2D eigenvalue weighted by molar-refractivity contribution is -0.137. The molecule has 82 valence electrons. The summed E-state index contributed by atoms with van der Waals surface area (Å²) in [6, 6.07) is 7.32. The monoisotopic (exact) mass is 207 g/mol. The van der Waals surface area contributed by atoms with E-state index in [1.54, 1.807) is 19.1 Å². The number of primary amides is 1. The van der Waals surface area contributed by atoms with Gasteiger partial charge in [-0.2, -0.15) is 0 Å². The number of benzene rings is 1. The van der Waals surface area contributed by atoms with E-state index in [9.17, 15) is 9.90 Å². The number of nitrogens with two attached hydrogens (primary N) is 1. The maximum Gasteiger partial charge on any atom is 0.254 e. The molecule has 0 bridgehead atoms. The highest BCUT2D eigenvalue weighted by Gasteiger charge is 2.33. The van der Waals surface area contributed by atoms with Crippen molar-refractivity contribution >= 4 is 5.91 Å². The van der Waals surface area contributed by atoms with Crippen LogP contribution in [0.5, 0.6) is 0 Å². The van der Waals surface area contributed by atoms with Gasteiger partial charge >= 0.3 is 0 Å². The molecular formula is C12H17NO2. The van der Waals surface area contributed by atoms with Crippen molar-refractivity contribution in [3.63, 3.8) is 0 Å². The third-order valence-electron chi connectivity index (χ3n) is 2.76. The summed E-state index contributed by atoms with van der Waals surface area (Å²) in [5.41, 5.74) is 5.39. The van der Waals surface area contributed by atoms with Gasteiger partial charge in [-0.3, -0.25) is 4.79 Å². The number of carbonyl (C=O) groups is 1. The molecule has 15 heavy (non-hydrogen) atoms. The molecule has 1 amide bonds. The van der Waals surface area contributed by atoms with Gasteiger partial charge in [-0.15, -0.1) is 0 Å². The third-order valence-corrected chi connectivity index (χ3v) is 2.76. The van der Waals surface area contributed by atoms with Crippen LogP contribution in [0.15, 0.2) is 24.3 Å². The molecule has 1 aromatic carbocycles. The molecule has 0 radical (unpaired) electrons. The smallest absolute Gasteiger partial charge is 0.254 e. The van der Waals surface area contributed by atoms with E-state index in [0.29, 0.717) is 5.56 Å². The van der Waals surface area contributed by atoms with Gasteiger partial charge in [-0.25, -0.2) is 0 Å². The van der Waals surface area contributed by atoms with E-state index in [1.165, 1.54) is 5.56 Å². The highest BCUT2D eigenvalue weighted by molar-refractivity contribution is 5.84. The SMILES string of the molecule is CCc1ccc(C(O)(CC)C(N)=O)cc1. The quantitative estimate of drug-likeness (QED) is 0.782. The van der Waals surface area contributed by atoms with Crippen molar-refractivity contribution in [1.29, 1.82) is 0 Å². The lowest BCUT2D eigenvalue weighted by Crippen LogP contribution is -2.40. The van der Waals surface area contributed by atoms with Crippen molar-refractivity contribution in [3.05, 3.63) is 35.4 Å². The summed E-state index contributed by atoms with van der Waals surface area (Å²) in [6.45, 7) is 3.79. The Morgan fingerprint density at radius 2 is 1.87 bits per heavy atom. The van der Waals surface area contributed by atoms with Gasteiger partial charge in [-0.1, -0.05) is 38.1 Å². The summed E-state index contributed by atoms with van der Waals surface area (Å²) < 4.78 is 0. The highest BCUT2D eigenvalue weighted by Crippen LogP contribution is 2.24. The molecule has 0 saturated heterocycles. The Balaban J connectivity index is 3.08. The minimum absolute atomic E-state index is 0.286. The molecule has 0 saturated carbocycles. The Morgan fingerprint density at radius 3 is 2.20 bits per heavy atom. The lowest BCUT2D eigenvalue weighted by Gasteiger charge is -2.23. The van der Waals surface area contributed by atoms with Crippen LogP contribution in [-0.2, 0) is 16.8 Å². The molecule has 3 heteroatoms. The molecule has 1 unspecified atom stereocenters. The zero-order chi connectivity index (χ0) is 11.5.